The fourth-order valence-electron chi connectivity index (χ4n) is 0.869. The van der Waals surface area contributed by atoms with Gasteiger partial charge in [-0.2, -0.15) is 0 Å². The third kappa shape index (κ3) is 1.67. The van der Waals surface area contributed by atoms with Crippen LogP contribution in [0.25, 0.3) is 0 Å². The number of nitrogen functional groups attached to an aromatic ring is 1. The van der Waals surface area contributed by atoms with E-state index in [1.807, 2.05) is 5.32 Å². The molecular formula is C7H9N3O4. The van der Waals surface area contributed by atoms with Crippen LogP contribution in [-0.4, -0.2) is 27.8 Å². The molecule has 1 aromatic heterocycles. The fraction of sp³-hybridized carbons (Fsp3) is 0.143. The highest BCUT2D eigenvalue weighted by atomic mass is 16.3. The number of aliphatic hydroxyl groups excluding tert-OH is 1. The maximum absolute atomic E-state index is 11.2. The van der Waals surface area contributed by atoms with Gasteiger partial charge in [0.15, 0.2) is 0 Å². The van der Waals surface area contributed by atoms with Crippen molar-refractivity contribution >= 4 is 11.7 Å². The molecule has 0 aliphatic rings. The number of aromatic nitrogens is 1. The Kier molecular flexibility index (Phi) is 2.73. The second kappa shape index (κ2) is 3.79. The van der Waals surface area contributed by atoms with Gasteiger partial charge in [0.05, 0.1) is 0 Å². The summed E-state index contributed by atoms with van der Waals surface area (Å²) in [5.74, 6) is -1.71. The molecule has 76 valence electrons. The average molecular weight is 199 g/mol. The molecule has 0 fully saturated rings. The summed E-state index contributed by atoms with van der Waals surface area (Å²) in [6, 6.07) is 0. The van der Waals surface area contributed by atoms with Gasteiger partial charge in [0.25, 0.3) is 5.91 Å². The van der Waals surface area contributed by atoms with Crippen LogP contribution in [0, 0.1) is 0 Å². The highest BCUT2D eigenvalue weighted by molar-refractivity contribution is 5.94. The average Bonchev–Trinajstić information content (AvgIpc) is 2.15. The summed E-state index contributed by atoms with van der Waals surface area (Å²) in [6.07, 6.45) is 1.06. The van der Waals surface area contributed by atoms with E-state index in [1.165, 1.54) is 0 Å². The van der Waals surface area contributed by atoms with E-state index in [-0.39, 0.29) is 11.4 Å². The molecule has 0 radical (unpaired) electrons. The Morgan fingerprint density at radius 3 is 2.86 bits per heavy atom. The Morgan fingerprint density at radius 1 is 1.64 bits per heavy atom. The Balaban J connectivity index is 3.18. The SMILES string of the molecule is Nc1[nH]cc(C(=O)NCO)c(=O)c1O. The van der Waals surface area contributed by atoms with E-state index in [0.717, 1.165) is 6.20 Å². The predicted molar refractivity (Wildman–Crippen MR) is 47.7 cm³/mol. The number of rotatable bonds is 2. The first-order valence-electron chi connectivity index (χ1n) is 3.67. The molecule has 0 saturated carbocycles. The van der Waals surface area contributed by atoms with E-state index in [2.05, 4.69) is 4.98 Å². The molecule has 0 bridgehead atoms. The number of aromatic amines is 1. The smallest absolute Gasteiger partial charge is 0.258 e. The normalized spacial score (nSPS) is 9.79. The van der Waals surface area contributed by atoms with Crippen molar-refractivity contribution in [1.82, 2.24) is 10.3 Å². The minimum Gasteiger partial charge on any atom is -0.502 e. The van der Waals surface area contributed by atoms with Crippen LogP contribution in [0.5, 0.6) is 5.75 Å². The summed E-state index contributed by atoms with van der Waals surface area (Å²) in [5.41, 5.74) is 3.98. The van der Waals surface area contributed by atoms with Crippen molar-refractivity contribution in [2.45, 2.75) is 0 Å². The number of hydrogen-bond acceptors (Lipinski definition) is 5. The summed E-state index contributed by atoms with van der Waals surface area (Å²) in [5, 5.41) is 19.5. The van der Waals surface area contributed by atoms with Crippen LogP contribution in [0.15, 0.2) is 11.0 Å². The molecule has 0 aromatic carbocycles. The number of carbonyl (C=O) groups is 1. The third-order valence-corrected chi connectivity index (χ3v) is 1.57. The van der Waals surface area contributed by atoms with Crippen LogP contribution in [0.1, 0.15) is 10.4 Å². The molecule has 1 heterocycles. The Morgan fingerprint density at radius 2 is 2.29 bits per heavy atom. The zero-order chi connectivity index (χ0) is 10.7. The Bertz CT molecular complexity index is 412. The predicted octanol–water partition coefficient (Wildman–Crippen LogP) is -1.66. The highest BCUT2D eigenvalue weighted by Crippen LogP contribution is 2.10. The maximum atomic E-state index is 11.2. The summed E-state index contributed by atoms with van der Waals surface area (Å²) in [6.45, 7) is -0.594. The quantitative estimate of drug-likeness (QED) is 0.364. The van der Waals surface area contributed by atoms with Gasteiger partial charge in [-0.1, -0.05) is 0 Å². The van der Waals surface area contributed by atoms with Gasteiger partial charge in [-0.05, 0) is 0 Å². The molecule has 6 N–H and O–H groups in total. The number of anilines is 1. The second-order valence-electron chi connectivity index (χ2n) is 2.46. The summed E-state index contributed by atoms with van der Waals surface area (Å²) >= 11 is 0. The molecule has 0 spiro atoms. The van der Waals surface area contributed by atoms with Gasteiger partial charge in [0, 0.05) is 6.20 Å². The van der Waals surface area contributed by atoms with Crippen molar-refractivity contribution in [2.24, 2.45) is 0 Å². The van der Waals surface area contributed by atoms with Gasteiger partial charge >= 0.3 is 0 Å². The molecule has 0 aliphatic heterocycles. The lowest BCUT2D eigenvalue weighted by Gasteiger charge is -2.02. The largest absolute Gasteiger partial charge is 0.502 e. The number of carbonyl (C=O) groups excluding carboxylic acids is 1. The zero-order valence-corrected chi connectivity index (χ0v) is 7.07. The highest BCUT2D eigenvalue weighted by Gasteiger charge is 2.14. The summed E-state index contributed by atoms with van der Waals surface area (Å²) < 4.78 is 0. The Labute approximate surface area is 78.2 Å². The molecule has 0 atom stereocenters. The van der Waals surface area contributed by atoms with Gasteiger partial charge in [-0.3, -0.25) is 9.59 Å². The number of nitrogens with one attached hydrogen (secondary N) is 2. The van der Waals surface area contributed by atoms with Gasteiger partial charge < -0.3 is 26.2 Å². The number of nitrogens with two attached hydrogens (primary N) is 1. The number of pyridine rings is 1. The monoisotopic (exact) mass is 199 g/mol. The van der Waals surface area contributed by atoms with Gasteiger partial charge in [0.1, 0.15) is 18.1 Å². The van der Waals surface area contributed by atoms with Crippen LogP contribution in [0.2, 0.25) is 0 Å². The first kappa shape index (κ1) is 10.1. The summed E-state index contributed by atoms with van der Waals surface area (Å²) in [4.78, 5) is 24.6. The van der Waals surface area contributed by atoms with Crippen LogP contribution < -0.4 is 16.5 Å². The molecule has 0 aliphatic carbocycles. The minimum atomic E-state index is -0.882. The fourth-order valence-corrected chi connectivity index (χ4v) is 0.869. The molecule has 1 amide bonds. The van der Waals surface area contributed by atoms with E-state index in [9.17, 15) is 9.59 Å². The van der Waals surface area contributed by atoms with Crippen LogP contribution in [-0.2, 0) is 0 Å². The zero-order valence-electron chi connectivity index (χ0n) is 7.07. The lowest BCUT2D eigenvalue weighted by atomic mass is 10.2. The number of hydrogen-bond donors (Lipinski definition) is 5. The first-order chi connectivity index (χ1) is 6.57. The lowest BCUT2D eigenvalue weighted by molar-refractivity contribution is 0.0908. The maximum Gasteiger partial charge on any atom is 0.258 e. The van der Waals surface area contributed by atoms with E-state index in [1.54, 1.807) is 0 Å². The molecular weight excluding hydrogens is 190 g/mol. The van der Waals surface area contributed by atoms with Gasteiger partial charge in [-0.25, -0.2) is 0 Å². The van der Waals surface area contributed by atoms with Crippen LogP contribution in [0.3, 0.4) is 0 Å². The second-order valence-corrected chi connectivity index (χ2v) is 2.46. The lowest BCUT2D eigenvalue weighted by Crippen LogP contribution is -2.29. The van der Waals surface area contributed by atoms with Crippen molar-refractivity contribution in [3.05, 3.63) is 22.0 Å². The minimum absolute atomic E-state index is 0.212. The van der Waals surface area contributed by atoms with E-state index >= 15 is 0 Å². The van der Waals surface area contributed by atoms with Gasteiger partial charge in [0.2, 0.25) is 11.2 Å². The third-order valence-electron chi connectivity index (χ3n) is 1.57. The van der Waals surface area contributed by atoms with Crippen molar-refractivity contribution in [3.63, 3.8) is 0 Å². The van der Waals surface area contributed by atoms with Crippen LogP contribution in [0.4, 0.5) is 5.82 Å². The standard InChI is InChI=1S/C7H9N3O4/c8-6-5(13)4(12)3(1-9-6)7(14)10-2-11/h1,11,13H,2H2,(H,10,14)(H3,8,9,12). The molecule has 7 nitrogen and oxygen atoms in total. The molecule has 0 unspecified atom stereocenters. The molecule has 1 aromatic rings. The van der Waals surface area contributed by atoms with E-state index in [0.29, 0.717) is 0 Å². The van der Waals surface area contributed by atoms with E-state index < -0.39 is 23.8 Å². The number of aromatic hydroxyl groups is 1. The summed E-state index contributed by atoms with van der Waals surface area (Å²) in [7, 11) is 0. The topological polar surface area (TPSA) is 128 Å². The van der Waals surface area contributed by atoms with Crippen molar-refractivity contribution < 1.29 is 15.0 Å². The Hall–Kier alpha value is -2.02. The molecule has 7 heteroatoms. The number of H-pyrrole nitrogens is 1. The van der Waals surface area contributed by atoms with Crippen molar-refractivity contribution in [1.29, 1.82) is 0 Å². The van der Waals surface area contributed by atoms with E-state index in [4.69, 9.17) is 15.9 Å². The molecule has 0 saturated heterocycles. The number of amides is 1. The first-order valence-corrected chi connectivity index (χ1v) is 3.67. The van der Waals surface area contributed by atoms with Crippen LogP contribution >= 0.6 is 0 Å². The molecule has 1 rings (SSSR count). The molecule has 14 heavy (non-hydrogen) atoms. The van der Waals surface area contributed by atoms with Gasteiger partial charge in [-0.15, -0.1) is 0 Å². The van der Waals surface area contributed by atoms with Crippen molar-refractivity contribution in [3.8, 4) is 5.75 Å². The van der Waals surface area contributed by atoms with Crippen molar-refractivity contribution in [2.75, 3.05) is 12.5 Å². The number of aliphatic hydroxyl groups is 1.